The van der Waals surface area contributed by atoms with Crippen LogP contribution in [0.5, 0.6) is 0 Å². The lowest BCUT2D eigenvalue weighted by Crippen LogP contribution is -2.29. The summed E-state index contributed by atoms with van der Waals surface area (Å²) in [7, 11) is 0. The summed E-state index contributed by atoms with van der Waals surface area (Å²) in [5, 5.41) is 7.21. The highest BCUT2D eigenvalue weighted by Gasteiger charge is 2.00. The molecular formula is C19H24N2S2. The minimum atomic E-state index is 0.690. The van der Waals surface area contributed by atoms with Crippen molar-refractivity contribution < 1.29 is 0 Å². The minimum Gasteiger partial charge on any atom is -0.362 e. The van der Waals surface area contributed by atoms with Crippen molar-refractivity contribution >= 4 is 34.8 Å². The maximum absolute atomic E-state index is 5.35. The first kappa shape index (κ1) is 17.8. The van der Waals surface area contributed by atoms with Gasteiger partial charge in [0.05, 0.1) is 0 Å². The Balaban J connectivity index is 1.65. The van der Waals surface area contributed by atoms with Crippen LogP contribution in [0.25, 0.3) is 0 Å². The highest BCUT2D eigenvalue weighted by molar-refractivity contribution is 7.99. The van der Waals surface area contributed by atoms with Crippen LogP contribution in [0.1, 0.15) is 23.1 Å². The van der Waals surface area contributed by atoms with Crippen LogP contribution in [0.2, 0.25) is 0 Å². The van der Waals surface area contributed by atoms with E-state index >= 15 is 0 Å². The van der Waals surface area contributed by atoms with Crippen molar-refractivity contribution in [3.8, 4) is 0 Å². The number of anilines is 1. The second-order valence-electron chi connectivity index (χ2n) is 5.77. The zero-order valence-electron chi connectivity index (χ0n) is 14.0. The van der Waals surface area contributed by atoms with Gasteiger partial charge >= 0.3 is 0 Å². The van der Waals surface area contributed by atoms with Crippen LogP contribution >= 0.6 is 24.0 Å². The fourth-order valence-corrected chi connectivity index (χ4v) is 3.39. The number of aryl methyl sites for hydroxylation is 3. The molecule has 2 aromatic carbocycles. The van der Waals surface area contributed by atoms with Gasteiger partial charge in [0.25, 0.3) is 0 Å². The lowest BCUT2D eigenvalue weighted by atomic mass is 10.1. The molecule has 0 amide bonds. The van der Waals surface area contributed by atoms with Gasteiger partial charge < -0.3 is 10.6 Å². The maximum Gasteiger partial charge on any atom is 0.170 e. The van der Waals surface area contributed by atoms with Crippen molar-refractivity contribution in [1.82, 2.24) is 5.32 Å². The first-order valence-corrected chi connectivity index (χ1v) is 9.25. The smallest absolute Gasteiger partial charge is 0.170 e. The first-order valence-electron chi connectivity index (χ1n) is 7.85. The van der Waals surface area contributed by atoms with Crippen LogP contribution in [0.15, 0.2) is 47.4 Å². The molecule has 2 nitrogen and oxygen atoms in total. The Labute approximate surface area is 149 Å². The van der Waals surface area contributed by atoms with Gasteiger partial charge in [-0.05, 0) is 80.6 Å². The molecule has 0 saturated heterocycles. The van der Waals surface area contributed by atoms with Crippen LogP contribution in [-0.4, -0.2) is 17.4 Å². The normalized spacial score (nSPS) is 10.4. The zero-order chi connectivity index (χ0) is 16.7. The zero-order valence-corrected chi connectivity index (χ0v) is 15.6. The molecule has 0 spiro atoms. The summed E-state index contributed by atoms with van der Waals surface area (Å²) in [5.41, 5.74) is 4.84. The van der Waals surface area contributed by atoms with E-state index in [4.69, 9.17) is 12.2 Å². The van der Waals surface area contributed by atoms with Crippen LogP contribution in [0, 0.1) is 20.8 Å². The average molecular weight is 345 g/mol. The van der Waals surface area contributed by atoms with Gasteiger partial charge in [0.1, 0.15) is 0 Å². The summed E-state index contributed by atoms with van der Waals surface area (Å²) in [6, 6.07) is 15.0. The van der Waals surface area contributed by atoms with Gasteiger partial charge in [-0.25, -0.2) is 0 Å². The Kier molecular flexibility index (Phi) is 6.93. The standard InChI is InChI=1S/C19H24N2S2/c1-14-5-7-18(8-6-14)23-10-4-9-20-19(22)21-17-12-15(2)11-16(3)13-17/h5-8,11-13H,4,9-10H2,1-3H3,(H2,20,21,22). The molecular weight excluding hydrogens is 320 g/mol. The molecule has 0 aromatic heterocycles. The lowest BCUT2D eigenvalue weighted by Gasteiger charge is -2.11. The summed E-state index contributed by atoms with van der Waals surface area (Å²) in [6.07, 6.45) is 1.08. The van der Waals surface area contributed by atoms with Crippen molar-refractivity contribution in [1.29, 1.82) is 0 Å². The molecule has 0 aliphatic rings. The van der Waals surface area contributed by atoms with Gasteiger partial charge in [0, 0.05) is 17.1 Å². The molecule has 2 aromatic rings. The fraction of sp³-hybridized carbons (Fsp3) is 0.316. The molecule has 122 valence electrons. The third kappa shape index (κ3) is 6.63. The van der Waals surface area contributed by atoms with Crippen molar-refractivity contribution in [3.63, 3.8) is 0 Å². The molecule has 0 radical (unpaired) electrons. The molecule has 23 heavy (non-hydrogen) atoms. The van der Waals surface area contributed by atoms with E-state index in [1.54, 1.807) is 0 Å². The lowest BCUT2D eigenvalue weighted by molar-refractivity contribution is 0.854. The molecule has 0 atom stereocenters. The SMILES string of the molecule is Cc1ccc(SCCCNC(=S)Nc2cc(C)cc(C)c2)cc1. The molecule has 2 rings (SSSR count). The van der Waals surface area contributed by atoms with Crippen LogP contribution in [-0.2, 0) is 0 Å². The predicted octanol–water partition coefficient (Wildman–Crippen LogP) is 5.08. The number of hydrogen-bond acceptors (Lipinski definition) is 2. The summed E-state index contributed by atoms with van der Waals surface area (Å²) in [6.45, 7) is 7.19. The van der Waals surface area contributed by atoms with Gasteiger partial charge in [-0.1, -0.05) is 23.8 Å². The third-order valence-electron chi connectivity index (χ3n) is 3.38. The van der Waals surface area contributed by atoms with Gasteiger partial charge in [0.15, 0.2) is 5.11 Å². The Morgan fingerprint density at radius 3 is 2.26 bits per heavy atom. The Morgan fingerprint density at radius 2 is 1.61 bits per heavy atom. The van der Waals surface area contributed by atoms with E-state index in [1.165, 1.54) is 21.6 Å². The third-order valence-corrected chi connectivity index (χ3v) is 4.72. The number of hydrogen-bond donors (Lipinski definition) is 2. The number of thioether (sulfide) groups is 1. The molecule has 0 bridgehead atoms. The number of thiocarbonyl (C=S) groups is 1. The predicted molar refractivity (Wildman–Crippen MR) is 107 cm³/mol. The molecule has 4 heteroatoms. The molecule has 0 unspecified atom stereocenters. The summed E-state index contributed by atoms with van der Waals surface area (Å²) >= 11 is 7.24. The highest BCUT2D eigenvalue weighted by Crippen LogP contribution is 2.18. The number of rotatable bonds is 6. The van der Waals surface area contributed by atoms with Gasteiger partial charge in [-0.2, -0.15) is 0 Å². The molecule has 0 fully saturated rings. The van der Waals surface area contributed by atoms with E-state index < -0.39 is 0 Å². The van der Waals surface area contributed by atoms with E-state index in [2.05, 4.69) is 73.9 Å². The topological polar surface area (TPSA) is 24.1 Å². The van der Waals surface area contributed by atoms with E-state index in [0.29, 0.717) is 5.11 Å². The molecule has 0 heterocycles. The second kappa shape index (κ2) is 8.94. The van der Waals surface area contributed by atoms with Gasteiger partial charge in [-0.3, -0.25) is 0 Å². The summed E-state index contributed by atoms with van der Waals surface area (Å²) in [5.74, 6) is 1.09. The van der Waals surface area contributed by atoms with Gasteiger partial charge in [0.2, 0.25) is 0 Å². The van der Waals surface area contributed by atoms with Crippen molar-refractivity contribution in [3.05, 3.63) is 59.2 Å². The molecule has 0 aliphatic carbocycles. The monoisotopic (exact) mass is 344 g/mol. The maximum atomic E-state index is 5.35. The van der Waals surface area contributed by atoms with Crippen molar-refractivity contribution in [2.24, 2.45) is 0 Å². The molecule has 0 aliphatic heterocycles. The number of benzene rings is 2. The van der Waals surface area contributed by atoms with E-state index in [0.717, 1.165) is 24.4 Å². The number of nitrogens with one attached hydrogen (secondary N) is 2. The summed E-state index contributed by atoms with van der Waals surface area (Å²) in [4.78, 5) is 1.33. The van der Waals surface area contributed by atoms with Gasteiger partial charge in [-0.15, -0.1) is 11.8 Å². The quantitative estimate of drug-likeness (QED) is 0.433. The van der Waals surface area contributed by atoms with Crippen LogP contribution in [0.3, 0.4) is 0 Å². The first-order chi connectivity index (χ1) is 11.0. The molecule has 0 saturated carbocycles. The van der Waals surface area contributed by atoms with Crippen LogP contribution in [0.4, 0.5) is 5.69 Å². The highest BCUT2D eigenvalue weighted by atomic mass is 32.2. The largest absolute Gasteiger partial charge is 0.362 e. The Hall–Kier alpha value is -1.52. The van der Waals surface area contributed by atoms with Crippen molar-refractivity contribution in [2.45, 2.75) is 32.1 Å². The van der Waals surface area contributed by atoms with E-state index in [-0.39, 0.29) is 0 Å². The van der Waals surface area contributed by atoms with Crippen LogP contribution < -0.4 is 10.6 Å². The summed E-state index contributed by atoms with van der Waals surface area (Å²) < 4.78 is 0. The van der Waals surface area contributed by atoms with Crippen molar-refractivity contribution in [2.75, 3.05) is 17.6 Å². The fourth-order valence-electron chi connectivity index (χ4n) is 2.32. The van der Waals surface area contributed by atoms with E-state index in [9.17, 15) is 0 Å². The average Bonchev–Trinajstić information content (AvgIpc) is 2.47. The van der Waals surface area contributed by atoms with E-state index in [1.807, 2.05) is 11.8 Å². The Bertz CT molecular complexity index is 631. The molecule has 2 N–H and O–H groups in total. The second-order valence-corrected chi connectivity index (χ2v) is 7.35. The minimum absolute atomic E-state index is 0.690. The Morgan fingerprint density at radius 1 is 0.957 bits per heavy atom.